The van der Waals surface area contributed by atoms with E-state index in [9.17, 15) is 59.4 Å². The highest BCUT2D eigenvalue weighted by Crippen LogP contribution is 2.64. The number of fused-ring (bicyclic) bond motifs is 5. The molecule has 5 aromatic rings. The van der Waals surface area contributed by atoms with Crippen molar-refractivity contribution in [3.8, 4) is 28.6 Å². The average Bonchev–Trinajstić information content (AvgIpc) is 0.723. The first-order chi connectivity index (χ1) is 44.7. The van der Waals surface area contributed by atoms with Crippen LogP contribution in [-0.2, 0) is 58.9 Å². The number of aliphatic hydroxyl groups is 4. The molecule has 508 valence electrons. The molecule has 5 aliphatic rings. The van der Waals surface area contributed by atoms with Crippen LogP contribution in [0.1, 0.15) is 128 Å². The second-order valence-corrected chi connectivity index (χ2v) is 27.3. The van der Waals surface area contributed by atoms with Crippen LogP contribution in [0.15, 0.2) is 113 Å². The highest BCUT2D eigenvalue weighted by molar-refractivity contribution is 5.94. The number of ketones is 1. The molecule has 12 atom stereocenters. The molecule has 8 N–H and O–H groups in total. The SMILES string of the molecule is CC(=O)O[C@@]12CO[C@@H]1C[C@H](O)[C@@]1(C)C(=O)[C@H](O)C3=C(C)[C@@H](OC(=O)[C@H](OC(=O)C[C@@H](O)C(=O)N4CCN(Cc5ccc(-n6c(-c7cc(C(C)C)c(O)cc7O)n[nH]c6=O)cc5)CC4)[C@@H](NC(=O)OC(C)(C)C)c4ccccc4)CC(O)([C@@H](OC(=O)c4ccccc4)[C@H]21)C3(C)C. The van der Waals surface area contributed by atoms with Crippen LogP contribution in [-0.4, -0.2) is 189 Å². The number of aliphatic hydroxyl groups excluding tert-OH is 3. The predicted molar refractivity (Wildman–Crippen MR) is 337 cm³/mol. The zero-order valence-electron chi connectivity index (χ0n) is 54.6. The zero-order valence-corrected chi connectivity index (χ0v) is 54.6. The van der Waals surface area contributed by atoms with E-state index in [2.05, 4.69) is 20.4 Å². The van der Waals surface area contributed by atoms with Crippen LogP contribution >= 0.6 is 0 Å². The second-order valence-electron chi connectivity index (χ2n) is 27.3. The van der Waals surface area contributed by atoms with Crippen molar-refractivity contribution in [1.29, 1.82) is 0 Å². The number of Topliss-reactive ketones (excluding diaryl/α,β-unsaturated/α-hetero) is 1. The summed E-state index contributed by atoms with van der Waals surface area (Å²) in [6.45, 7) is 16.4. The normalized spacial score (nSPS) is 26.6. The largest absolute Gasteiger partial charge is 0.508 e. The number of phenolic OH excluding ortho intramolecular Hbond substituents is 2. The summed E-state index contributed by atoms with van der Waals surface area (Å²) in [6, 6.07) is 23.7. The fraction of sp³-hybridized carbons (Fsp3) is 0.493. The number of rotatable bonds is 17. The number of hydrogen-bond donors (Lipinski definition) is 8. The van der Waals surface area contributed by atoms with Crippen LogP contribution in [0.4, 0.5) is 4.79 Å². The minimum Gasteiger partial charge on any atom is -0.508 e. The van der Waals surface area contributed by atoms with Crippen molar-refractivity contribution >= 4 is 41.7 Å². The topological polar surface area (TPSA) is 365 Å². The highest BCUT2D eigenvalue weighted by Gasteiger charge is 2.78. The van der Waals surface area contributed by atoms with Crippen LogP contribution < -0.4 is 11.0 Å². The number of benzene rings is 4. The summed E-state index contributed by atoms with van der Waals surface area (Å²) in [7, 11) is 0. The van der Waals surface area contributed by atoms with E-state index in [1.54, 1.807) is 75.4 Å². The number of piperazine rings is 1. The number of carbonyl (C=O) groups is 7. The summed E-state index contributed by atoms with van der Waals surface area (Å²) in [5.74, 6) is -8.32. The molecule has 2 saturated carbocycles. The molecule has 26 heteroatoms. The molecular formula is C69H82N6O20. The van der Waals surface area contributed by atoms with Crippen molar-refractivity contribution < 1.29 is 92.6 Å². The first kappa shape index (κ1) is 69.1. The quantitative estimate of drug-likeness (QED) is 0.0345. The van der Waals surface area contributed by atoms with Gasteiger partial charge in [0, 0.05) is 64.0 Å². The molecule has 0 radical (unpaired) electrons. The minimum atomic E-state index is -2.53. The maximum absolute atomic E-state index is 15.4. The molecule has 3 heterocycles. The van der Waals surface area contributed by atoms with E-state index in [0.717, 1.165) is 12.5 Å². The number of nitrogens with zero attached hydrogens (tertiary/aromatic N) is 4. The molecule has 2 amide bonds. The summed E-state index contributed by atoms with van der Waals surface area (Å²) in [6.07, 6.45) is -15.7. The molecule has 4 fully saturated rings. The van der Waals surface area contributed by atoms with Crippen molar-refractivity contribution in [1.82, 2.24) is 29.9 Å². The molecule has 10 rings (SSSR count). The summed E-state index contributed by atoms with van der Waals surface area (Å²) in [5.41, 5.74) is -7.85. The minimum absolute atomic E-state index is 0.00802. The van der Waals surface area contributed by atoms with Crippen LogP contribution in [0.2, 0.25) is 0 Å². The monoisotopic (exact) mass is 1310 g/mol. The van der Waals surface area contributed by atoms with Crippen LogP contribution in [0.5, 0.6) is 11.5 Å². The number of aromatic nitrogens is 3. The number of aromatic amines is 1. The summed E-state index contributed by atoms with van der Waals surface area (Å²) >= 11 is 0. The highest BCUT2D eigenvalue weighted by atomic mass is 16.6. The van der Waals surface area contributed by atoms with Gasteiger partial charge in [-0.2, -0.15) is 5.10 Å². The zero-order chi connectivity index (χ0) is 69.0. The fourth-order valence-electron chi connectivity index (χ4n) is 14.4. The lowest BCUT2D eigenvalue weighted by molar-refractivity contribution is -0.346. The number of phenols is 2. The summed E-state index contributed by atoms with van der Waals surface area (Å²) < 4.78 is 37.7. The van der Waals surface area contributed by atoms with Gasteiger partial charge < -0.3 is 69.3 Å². The molecule has 95 heavy (non-hydrogen) atoms. The Morgan fingerprint density at radius 1 is 0.863 bits per heavy atom. The van der Waals surface area contributed by atoms with E-state index in [1.165, 1.54) is 67.5 Å². The Labute approximate surface area is 547 Å². The fourth-order valence-corrected chi connectivity index (χ4v) is 14.4. The molecule has 2 saturated heterocycles. The van der Waals surface area contributed by atoms with E-state index in [0.29, 0.717) is 30.9 Å². The Kier molecular flexibility index (Phi) is 19.2. The third-order valence-electron chi connectivity index (χ3n) is 19.4. The first-order valence-electron chi connectivity index (χ1n) is 31.6. The molecule has 3 aliphatic carbocycles. The van der Waals surface area contributed by atoms with E-state index >= 15 is 9.59 Å². The first-order valence-corrected chi connectivity index (χ1v) is 31.6. The van der Waals surface area contributed by atoms with E-state index in [-0.39, 0.29) is 77.2 Å². The number of H-pyrrole nitrogens is 1. The number of nitrogens with one attached hydrogen (secondary N) is 2. The van der Waals surface area contributed by atoms with Crippen molar-refractivity contribution in [2.24, 2.45) is 16.7 Å². The van der Waals surface area contributed by atoms with Gasteiger partial charge in [0.1, 0.15) is 59.3 Å². The number of alkyl carbamates (subject to hydrolysis) is 1. The Hall–Kier alpha value is -8.79. The standard InChI is InChI=1S/C69H82N6O20/c1-36(2)43-29-44(46(78)30-45(43)77)59-71-72-63(87)75(59)42-23-21-39(22-24-42)34-73-25-27-74(28-26-73)60(84)47(79)31-51(81)92-55(53(40-17-13-11-14-18-40)70-64(88)95-65(5,6)7)62(86)91-48-33-69(89)58(93-61(85)41-19-15-12-16-20-41)56-67(10,57(83)54(82)52(37(48)3)66(69,8)9)49(80)32-50-68(56,35-90-50)94-38(4)76/h11-24,29-30,36,47-50,53-56,58,77-80,82,89H,25-28,31-35H2,1-10H3,(H,70,88)(H,72,87)/t47-,48+,49+,50-,53+,54-,55-,56+,58+,67-,68+,69?/m1/s1. The third-order valence-corrected chi connectivity index (χ3v) is 19.4. The summed E-state index contributed by atoms with van der Waals surface area (Å²) in [4.78, 5) is 117. The number of ether oxygens (including phenoxy) is 6. The predicted octanol–water partition coefficient (Wildman–Crippen LogP) is 4.98. The van der Waals surface area contributed by atoms with Gasteiger partial charge in [-0.3, -0.25) is 24.1 Å². The smallest absolute Gasteiger partial charge is 0.408 e. The molecule has 26 nitrogen and oxygen atoms in total. The van der Waals surface area contributed by atoms with Gasteiger partial charge in [-0.1, -0.05) is 88.4 Å². The van der Waals surface area contributed by atoms with Gasteiger partial charge in [-0.15, -0.1) is 0 Å². The van der Waals surface area contributed by atoms with Crippen LogP contribution in [0.3, 0.4) is 0 Å². The third kappa shape index (κ3) is 13.1. The Balaban J connectivity index is 0.905. The van der Waals surface area contributed by atoms with Gasteiger partial charge in [0.05, 0.1) is 47.3 Å². The van der Waals surface area contributed by atoms with Gasteiger partial charge in [-0.25, -0.2) is 28.8 Å². The van der Waals surface area contributed by atoms with Crippen molar-refractivity contribution in [3.63, 3.8) is 0 Å². The van der Waals surface area contributed by atoms with Gasteiger partial charge >= 0.3 is 35.7 Å². The van der Waals surface area contributed by atoms with Crippen LogP contribution in [0, 0.1) is 16.7 Å². The molecular weight excluding hydrogens is 1230 g/mol. The van der Waals surface area contributed by atoms with Gasteiger partial charge in [0.15, 0.2) is 17.2 Å². The lowest BCUT2D eigenvalue weighted by atomic mass is 9.44. The van der Waals surface area contributed by atoms with Gasteiger partial charge in [-0.05, 0) is 98.7 Å². The Morgan fingerprint density at radius 3 is 2.11 bits per heavy atom. The summed E-state index contributed by atoms with van der Waals surface area (Å²) in [5, 5.41) is 80.6. The van der Waals surface area contributed by atoms with Crippen molar-refractivity contribution in [2.75, 3.05) is 32.8 Å². The molecule has 1 unspecified atom stereocenters. The van der Waals surface area contributed by atoms with Crippen LogP contribution in [0.25, 0.3) is 17.1 Å². The van der Waals surface area contributed by atoms with E-state index in [4.69, 9.17) is 28.4 Å². The number of amides is 2. The maximum Gasteiger partial charge on any atom is 0.408 e. The molecule has 4 aromatic carbocycles. The molecule has 0 spiro atoms. The van der Waals surface area contributed by atoms with Gasteiger partial charge in [0.2, 0.25) is 6.10 Å². The maximum atomic E-state index is 15.4. The van der Waals surface area contributed by atoms with E-state index in [1.807, 2.05) is 26.0 Å². The van der Waals surface area contributed by atoms with Crippen molar-refractivity contribution in [2.45, 2.75) is 167 Å². The number of esters is 4. The Morgan fingerprint density at radius 2 is 1.51 bits per heavy atom. The number of aromatic hydroxyl groups is 2. The van der Waals surface area contributed by atoms with E-state index < -0.39 is 143 Å². The van der Waals surface area contributed by atoms with Gasteiger partial charge in [0.25, 0.3) is 5.91 Å². The molecule has 2 bridgehead atoms. The van der Waals surface area contributed by atoms with Crippen molar-refractivity contribution in [3.05, 3.63) is 141 Å². The number of carbonyl (C=O) groups excluding carboxylic acids is 7. The average molecular weight is 1320 g/mol. The molecule has 2 aliphatic heterocycles. The Bertz CT molecular complexity index is 3860. The second kappa shape index (κ2) is 26.4. The molecule has 1 aromatic heterocycles. The lowest BCUT2D eigenvalue weighted by Gasteiger charge is -2.67. The number of hydrogen-bond acceptors (Lipinski definition) is 22. The lowest BCUT2D eigenvalue weighted by Crippen LogP contribution is -2.81.